The smallest absolute Gasteiger partial charge is 0.132 e. The summed E-state index contributed by atoms with van der Waals surface area (Å²) in [5.41, 5.74) is 1.15. The van der Waals surface area contributed by atoms with Crippen molar-refractivity contribution < 1.29 is 0 Å². The molecule has 0 N–H and O–H groups in total. The van der Waals surface area contributed by atoms with Gasteiger partial charge in [-0.15, -0.1) is 6.42 Å². The van der Waals surface area contributed by atoms with E-state index in [9.17, 15) is 0 Å². The molecule has 0 atom stereocenters. The summed E-state index contributed by atoms with van der Waals surface area (Å²) < 4.78 is 1.00. The maximum Gasteiger partial charge on any atom is 0.132 e. The van der Waals surface area contributed by atoms with Crippen LogP contribution in [0.5, 0.6) is 0 Å². The van der Waals surface area contributed by atoms with Gasteiger partial charge in [-0.3, -0.25) is 0 Å². The maximum absolute atomic E-state index is 5.35. The molecule has 1 aromatic heterocycles. The van der Waals surface area contributed by atoms with Crippen molar-refractivity contribution in [3.8, 4) is 12.3 Å². The van der Waals surface area contributed by atoms with Crippen molar-refractivity contribution >= 4 is 21.7 Å². The molecule has 0 aromatic carbocycles. The maximum atomic E-state index is 5.35. The monoisotopic (exact) mass is 266 g/mol. The standard InChI is InChI=1S/C12H15BrN2/c1-4-6-15(7-5-2)12-10(3)8-11(13)9-14-12/h1,8-9H,5-7H2,2-3H3. The Bertz CT molecular complexity index is 368. The third-order valence-electron chi connectivity index (χ3n) is 2.09. The first kappa shape index (κ1) is 12.1. The summed E-state index contributed by atoms with van der Waals surface area (Å²) in [5.74, 6) is 3.65. The van der Waals surface area contributed by atoms with E-state index in [2.05, 4.69) is 44.7 Å². The normalized spacial score (nSPS) is 9.73. The van der Waals surface area contributed by atoms with Crippen LogP contribution in [0, 0.1) is 19.3 Å². The molecule has 0 radical (unpaired) electrons. The second-order valence-corrected chi connectivity index (χ2v) is 4.34. The fourth-order valence-corrected chi connectivity index (χ4v) is 1.95. The van der Waals surface area contributed by atoms with Crippen molar-refractivity contribution in [2.24, 2.45) is 0 Å². The molecule has 1 rings (SSSR count). The highest BCUT2D eigenvalue weighted by Gasteiger charge is 2.08. The number of nitrogens with zero attached hydrogens (tertiary/aromatic N) is 2. The highest BCUT2D eigenvalue weighted by Crippen LogP contribution is 2.20. The van der Waals surface area contributed by atoms with E-state index in [1.807, 2.05) is 13.1 Å². The van der Waals surface area contributed by atoms with Gasteiger partial charge < -0.3 is 4.90 Å². The fraction of sp³-hybridized carbons (Fsp3) is 0.417. The van der Waals surface area contributed by atoms with Gasteiger partial charge in [0.05, 0.1) is 6.54 Å². The summed E-state index contributed by atoms with van der Waals surface area (Å²) in [6, 6.07) is 2.06. The molecule has 0 aliphatic rings. The van der Waals surface area contributed by atoms with Crippen molar-refractivity contribution in [1.82, 2.24) is 4.98 Å². The first-order valence-corrected chi connectivity index (χ1v) is 5.79. The van der Waals surface area contributed by atoms with Gasteiger partial charge in [0.15, 0.2) is 0 Å². The number of anilines is 1. The van der Waals surface area contributed by atoms with Gasteiger partial charge in [-0.25, -0.2) is 4.98 Å². The Kier molecular flexibility index (Phi) is 4.64. The summed E-state index contributed by atoms with van der Waals surface area (Å²) in [6.45, 7) is 5.74. The largest absolute Gasteiger partial charge is 0.345 e. The van der Waals surface area contributed by atoms with Gasteiger partial charge in [-0.1, -0.05) is 12.8 Å². The van der Waals surface area contributed by atoms with Crippen LogP contribution >= 0.6 is 15.9 Å². The molecule has 0 aliphatic carbocycles. The first-order chi connectivity index (χ1) is 7.19. The summed E-state index contributed by atoms with van der Waals surface area (Å²) in [4.78, 5) is 6.53. The van der Waals surface area contributed by atoms with Crippen molar-refractivity contribution in [1.29, 1.82) is 0 Å². The van der Waals surface area contributed by atoms with E-state index in [0.29, 0.717) is 6.54 Å². The molecule has 1 heterocycles. The number of hydrogen-bond donors (Lipinski definition) is 0. The van der Waals surface area contributed by atoms with Gasteiger partial charge in [-0.2, -0.15) is 0 Å². The lowest BCUT2D eigenvalue weighted by molar-refractivity contribution is 0.805. The zero-order chi connectivity index (χ0) is 11.3. The number of rotatable bonds is 4. The van der Waals surface area contributed by atoms with E-state index in [4.69, 9.17) is 6.42 Å². The highest BCUT2D eigenvalue weighted by molar-refractivity contribution is 9.10. The summed E-state index contributed by atoms with van der Waals surface area (Å²) in [6.07, 6.45) is 8.22. The number of aromatic nitrogens is 1. The second kappa shape index (κ2) is 5.77. The van der Waals surface area contributed by atoms with Gasteiger partial charge in [0, 0.05) is 17.2 Å². The van der Waals surface area contributed by atoms with Crippen molar-refractivity contribution in [2.75, 3.05) is 18.0 Å². The summed E-state index contributed by atoms with van der Waals surface area (Å²) >= 11 is 3.40. The molecule has 15 heavy (non-hydrogen) atoms. The lowest BCUT2D eigenvalue weighted by Crippen LogP contribution is -2.26. The van der Waals surface area contributed by atoms with E-state index in [1.165, 1.54) is 0 Å². The number of aryl methyl sites for hydroxylation is 1. The molecule has 0 spiro atoms. The third-order valence-corrected chi connectivity index (χ3v) is 2.53. The minimum absolute atomic E-state index is 0.614. The molecule has 0 saturated heterocycles. The molecule has 0 aliphatic heterocycles. The van der Waals surface area contributed by atoms with Crippen LogP contribution in [0.1, 0.15) is 18.9 Å². The molecule has 2 nitrogen and oxygen atoms in total. The average molecular weight is 267 g/mol. The Balaban J connectivity index is 2.95. The van der Waals surface area contributed by atoms with Crippen LogP contribution < -0.4 is 4.90 Å². The predicted molar refractivity (Wildman–Crippen MR) is 68.0 cm³/mol. The van der Waals surface area contributed by atoms with Crippen LogP contribution in [-0.2, 0) is 0 Å². The number of pyridine rings is 1. The molecule has 80 valence electrons. The molecule has 0 saturated carbocycles. The first-order valence-electron chi connectivity index (χ1n) is 4.99. The minimum Gasteiger partial charge on any atom is -0.345 e. The highest BCUT2D eigenvalue weighted by atomic mass is 79.9. The lowest BCUT2D eigenvalue weighted by Gasteiger charge is -2.22. The van der Waals surface area contributed by atoms with Crippen LogP contribution in [0.4, 0.5) is 5.82 Å². The molecule has 0 unspecified atom stereocenters. The lowest BCUT2D eigenvalue weighted by atomic mass is 10.2. The van der Waals surface area contributed by atoms with Crippen LogP contribution in [-0.4, -0.2) is 18.1 Å². The Labute approximate surface area is 99.8 Å². The summed E-state index contributed by atoms with van der Waals surface area (Å²) in [7, 11) is 0. The second-order valence-electron chi connectivity index (χ2n) is 3.42. The Morgan fingerprint density at radius 3 is 2.87 bits per heavy atom. The molecule has 1 aromatic rings. The van der Waals surface area contributed by atoms with Gasteiger partial charge in [-0.05, 0) is 40.9 Å². The number of terminal acetylenes is 1. The van der Waals surface area contributed by atoms with Crippen molar-refractivity contribution in [3.63, 3.8) is 0 Å². The SMILES string of the molecule is C#CCN(CCC)c1ncc(Br)cc1C. The topological polar surface area (TPSA) is 16.1 Å². The molecule has 0 fully saturated rings. The van der Waals surface area contributed by atoms with Gasteiger partial charge >= 0.3 is 0 Å². The Morgan fingerprint density at radius 2 is 2.33 bits per heavy atom. The Hall–Kier alpha value is -1.01. The predicted octanol–water partition coefficient (Wildman–Crippen LogP) is 3.00. The number of halogens is 1. The Morgan fingerprint density at radius 1 is 1.60 bits per heavy atom. The molecule has 3 heteroatoms. The van der Waals surface area contributed by atoms with E-state index in [0.717, 1.165) is 28.8 Å². The average Bonchev–Trinajstić information content (AvgIpc) is 2.17. The molecule has 0 amide bonds. The zero-order valence-corrected chi connectivity index (χ0v) is 10.7. The van der Waals surface area contributed by atoms with Gasteiger partial charge in [0.1, 0.15) is 5.82 Å². The van der Waals surface area contributed by atoms with Crippen molar-refractivity contribution in [2.45, 2.75) is 20.3 Å². The van der Waals surface area contributed by atoms with Crippen LogP contribution in [0.3, 0.4) is 0 Å². The van der Waals surface area contributed by atoms with E-state index in [1.54, 1.807) is 0 Å². The molecule has 0 bridgehead atoms. The zero-order valence-electron chi connectivity index (χ0n) is 9.13. The van der Waals surface area contributed by atoms with E-state index in [-0.39, 0.29) is 0 Å². The summed E-state index contributed by atoms with van der Waals surface area (Å²) in [5, 5.41) is 0. The van der Waals surface area contributed by atoms with Crippen molar-refractivity contribution in [3.05, 3.63) is 22.3 Å². The van der Waals surface area contributed by atoms with Crippen LogP contribution in [0.2, 0.25) is 0 Å². The van der Waals surface area contributed by atoms with Gasteiger partial charge in [0.2, 0.25) is 0 Å². The third kappa shape index (κ3) is 3.24. The fourth-order valence-electron chi connectivity index (χ4n) is 1.50. The molecular formula is C12H15BrN2. The van der Waals surface area contributed by atoms with Crippen LogP contribution in [0.25, 0.3) is 0 Å². The van der Waals surface area contributed by atoms with Gasteiger partial charge in [0.25, 0.3) is 0 Å². The molecular weight excluding hydrogens is 252 g/mol. The number of hydrogen-bond acceptors (Lipinski definition) is 2. The quantitative estimate of drug-likeness (QED) is 0.779. The van der Waals surface area contributed by atoms with E-state index >= 15 is 0 Å². The van der Waals surface area contributed by atoms with E-state index < -0.39 is 0 Å². The minimum atomic E-state index is 0.614. The van der Waals surface area contributed by atoms with Crippen LogP contribution in [0.15, 0.2) is 16.7 Å².